The number of piperazine rings is 1. The molecule has 2 aliphatic rings. The number of fused-ring (bicyclic) bond motifs is 1. The first-order valence-electron chi connectivity index (χ1n) is 8.19. The van der Waals surface area contributed by atoms with E-state index in [4.69, 9.17) is 0 Å². The number of hydrogen-bond donors (Lipinski definition) is 0. The lowest BCUT2D eigenvalue weighted by atomic mass is 10.1. The van der Waals surface area contributed by atoms with Gasteiger partial charge in [-0.2, -0.15) is 0 Å². The fraction of sp³-hybridized carbons (Fsp3) is 0.933. The van der Waals surface area contributed by atoms with Gasteiger partial charge in [-0.1, -0.05) is 13.8 Å². The minimum atomic E-state index is 0.257. The lowest BCUT2D eigenvalue weighted by Gasteiger charge is -2.47. The van der Waals surface area contributed by atoms with Crippen LogP contribution in [0.1, 0.15) is 27.2 Å². The molecule has 5 nitrogen and oxygen atoms in total. The van der Waals surface area contributed by atoms with E-state index >= 15 is 0 Å². The summed E-state index contributed by atoms with van der Waals surface area (Å²) in [7, 11) is 0. The Kier molecular flexibility index (Phi) is 5.66. The number of amides is 2. The van der Waals surface area contributed by atoms with Crippen LogP contribution in [0.2, 0.25) is 0 Å². The quantitative estimate of drug-likeness (QED) is 0.732. The van der Waals surface area contributed by atoms with Gasteiger partial charge in [0.25, 0.3) is 0 Å². The number of hydrogen-bond acceptors (Lipinski definition) is 3. The normalized spacial score (nSPS) is 24.4. The maximum absolute atomic E-state index is 12.3. The third-order valence-corrected chi connectivity index (χ3v) is 4.82. The Bertz CT molecular complexity index is 319. The van der Waals surface area contributed by atoms with Gasteiger partial charge in [-0.25, -0.2) is 4.79 Å². The van der Waals surface area contributed by atoms with Gasteiger partial charge < -0.3 is 14.7 Å². The summed E-state index contributed by atoms with van der Waals surface area (Å²) in [6, 6.07) is 0.697. The van der Waals surface area contributed by atoms with Gasteiger partial charge in [-0.05, 0) is 26.4 Å². The van der Waals surface area contributed by atoms with Crippen molar-refractivity contribution in [1.82, 2.24) is 19.6 Å². The van der Waals surface area contributed by atoms with E-state index in [1.807, 2.05) is 4.90 Å². The first-order chi connectivity index (χ1) is 9.69. The molecular weight excluding hydrogens is 252 g/mol. The fourth-order valence-corrected chi connectivity index (χ4v) is 3.32. The molecule has 5 heteroatoms. The van der Waals surface area contributed by atoms with Crippen molar-refractivity contribution in [2.24, 2.45) is 0 Å². The van der Waals surface area contributed by atoms with Crippen LogP contribution < -0.4 is 0 Å². The van der Waals surface area contributed by atoms with Gasteiger partial charge in [0.05, 0.1) is 0 Å². The zero-order valence-electron chi connectivity index (χ0n) is 13.3. The molecule has 1 atom stereocenters. The van der Waals surface area contributed by atoms with Crippen molar-refractivity contribution in [3.8, 4) is 0 Å². The Morgan fingerprint density at radius 2 is 1.90 bits per heavy atom. The van der Waals surface area contributed by atoms with E-state index < -0.39 is 0 Å². The van der Waals surface area contributed by atoms with Crippen LogP contribution >= 0.6 is 0 Å². The third kappa shape index (κ3) is 3.44. The second kappa shape index (κ2) is 7.27. The highest BCUT2D eigenvalue weighted by Gasteiger charge is 2.36. The first kappa shape index (κ1) is 15.6. The van der Waals surface area contributed by atoms with Crippen LogP contribution in [-0.2, 0) is 0 Å². The standard InChI is InChI=1S/C15H30N4O/c1-4-16(5-2)9-10-17-11-12-19-14(13-17)7-8-18(6-3)15(19)20/h14H,4-13H2,1-3H3/t14-/m0/s1. The van der Waals surface area contributed by atoms with Crippen molar-refractivity contribution in [2.45, 2.75) is 33.2 Å². The number of nitrogens with zero attached hydrogens (tertiary/aromatic N) is 4. The Morgan fingerprint density at radius 3 is 2.55 bits per heavy atom. The Hall–Kier alpha value is -0.810. The maximum Gasteiger partial charge on any atom is 0.320 e. The second-order valence-electron chi connectivity index (χ2n) is 5.83. The lowest BCUT2D eigenvalue weighted by Crippen LogP contribution is -2.62. The summed E-state index contributed by atoms with van der Waals surface area (Å²) in [4.78, 5) is 21.4. The Balaban J connectivity index is 1.82. The number of likely N-dealkylation sites (N-methyl/N-ethyl adjacent to an activating group) is 1. The highest BCUT2D eigenvalue weighted by Crippen LogP contribution is 2.20. The van der Waals surface area contributed by atoms with Crippen molar-refractivity contribution in [1.29, 1.82) is 0 Å². The van der Waals surface area contributed by atoms with Crippen molar-refractivity contribution in [3.05, 3.63) is 0 Å². The van der Waals surface area contributed by atoms with Crippen LogP contribution in [0.5, 0.6) is 0 Å². The molecule has 2 saturated heterocycles. The van der Waals surface area contributed by atoms with Gasteiger partial charge in [0, 0.05) is 51.9 Å². The van der Waals surface area contributed by atoms with Crippen LogP contribution in [-0.4, -0.2) is 90.6 Å². The lowest BCUT2D eigenvalue weighted by molar-refractivity contribution is 0.0424. The molecular formula is C15H30N4O. The summed E-state index contributed by atoms with van der Waals surface area (Å²) in [5, 5.41) is 0. The average molecular weight is 282 g/mol. The summed E-state index contributed by atoms with van der Waals surface area (Å²) >= 11 is 0. The van der Waals surface area contributed by atoms with Gasteiger partial charge >= 0.3 is 6.03 Å². The second-order valence-corrected chi connectivity index (χ2v) is 5.83. The van der Waals surface area contributed by atoms with Crippen molar-refractivity contribution >= 4 is 6.03 Å². The highest BCUT2D eigenvalue weighted by molar-refractivity contribution is 5.75. The van der Waals surface area contributed by atoms with Crippen LogP contribution in [0.15, 0.2) is 0 Å². The van der Waals surface area contributed by atoms with Crippen LogP contribution in [0, 0.1) is 0 Å². The zero-order valence-corrected chi connectivity index (χ0v) is 13.3. The Morgan fingerprint density at radius 1 is 1.15 bits per heavy atom. The summed E-state index contributed by atoms with van der Waals surface area (Å²) in [5.41, 5.74) is 0. The number of urea groups is 1. The molecule has 2 aliphatic heterocycles. The van der Waals surface area contributed by atoms with Crippen molar-refractivity contribution in [3.63, 3.8) is 0 Å². The molecule has 2 rings (SSSR count). The van der Waals surface area contributed by atoms with Crippen LogP contribution in [0.4, 0.5) is 4.79 Å². The molecule has 0 saturated carbocycles. The number of carbonyl (C=O) groups is 1. The topological polar surface area (TPSA) is 30.0 Å². The minimum Gasteiger partial charge on any atom is -0.325 e. The summed E-state index contributed by atoms with van der Waals surface area (Å²) in [6.07, 6.45) is 1.13. The van der Waals surface area contributed by atoms with E-state index in [0.717, 1.165) is 65.3 Å². The molecule has 0 radical (unpaired) electrons. The summed E-state index contributed by atoms with van der Waals surface area (Å²) in [6.45, 7) is 15.8. The van der Waals surface area contributed by atoms with Crippen LogP contribution in [0.25, 0.3) is 0 Å². The molecule has 0 aromatic rings. The van der Waals surface area contributed by atoms with Gasteiger partial charge in [0.15, 0.2) is 0 Å². The average Bonchev–Trinajstić information content (AvgIpc) is 2.48. The molecule has 0 aromatic carbocycles. The van der Waals surface area contributed by atoms with E-state index in [1.165, 1.54) is 0 Å². The predicted molar refractivity (Wildman–Crippen MR) is 82.0 cm³/mol. The molecule has 0 aromatic heterocycles. The molecule has 20 heavy (non-hydrogen) atoms. The molecule has 0 spiro atoms. The Labute approximate surface area is 123 Å². The van der Waals surface area contributed by atoms with E-state index in [9.17, 15) is 4.79 Å². The molecule has 0 bridgehead atoms. The molecule has 116 valence electrons. The predicted octanol–water partition coefficient (Wildman–Crippen LogP) is 1.16. The molecule has 2 amide bonds. The summed E-state index contributed by atoms with van der Waals surface area (Å²) in [5.74, 6) is 0. The van der Waals surface area contributed by atoms with Crippen LogP contribution in [0.3, 0.4) is 0 Å². The maximum atomic E-state index is 12.3. The molecule has 2 heterocycles. The van der Waals surface area contributed by atoms with E-state index in [1.54, 1.807) is 0 Å². The molecule has 0 N–H and O–H groups in total. The van der Waals surface area contributed by atoms with Gasteiger partial charge in [-0.15, -0.1) is 0 Å². The van der Waals surface area contributed by atoms with Gasteiger partial charge in [0.2, 0.25) is 0 Å². The minimum absolute atomic E-state index is 0.257. The monoisotopic (exact) mass is 282 g/mol. The van der Waals surface area contributed by atoms with Gasteiger partial charge in [-0.3, -0.25) is 4.90 Å². The fourth-order valence-electron chi connectivity index (χ4n) is 3.32. The smallest absolute Gasteiger partial charge is 0.320 e. The van der Waals surface area contributed by atoms with E-state index in [0.29, 0.717) is 6.04 Å². The first-order valence-corrected chi connectivity index (χ1v) is 8.19. The van der Waals surface area contributed by atoms with Gasteiger partial charge in [0.1, 0.15) is 0 Å². The third-order valence-electron chi connectivity index (χ3n) is 4.82. The summed E-state index contributed by atoms with van der Waals surface area (Å²) < 4.78 is 0. The van der Waals surface area contributed by atoms with E-state index in [-0.39, 0.29) is 6.03 Å². The largest absolute Gasteiger partial charge is 0.325 e. The van der Waals surface area contributed by atoms with Crippen molar-refractivity contribution in [2.75, 3.05) is 58.9 Å². The SMILES string of the molecule is CCN(CC)CCN1CCN2C(=O)N(CC)CC[C@H]2C1. The number of rotatable bonds is 6. The molecule has 0 aliphatic carbocycles. The zero-order chi connectivity index (χ0) is 14.5. The van der Waals surface area contributed by atoms with E-state index in [2.05, 4.69) is 35.5 Å². The molecule has 0 unspecified atom stereocenters. The van der Waals surface area contributed by atoms with Crippen molar-refractivity contribution < 1.29 is 4.79 Å². The molecule has 2 fully saturated rings. The number of carbonyl (C=O) groups excluding carboxylic acids is 1. The highest BCUT2D eigenvalue weighted by atomic mass is 16.2.